The zero-order chi connectivity index (χ0) is 19.9. The van der Waals surface area contributed by atoms with Crippen LogP contribution in [0.25, 0.3) is 0 Å². The molecule has 2 aliphatic rings. The van der Waals surface area contributed by atoms with E-state index < -0.39 is 6.04 Å². The van der Waals surface area contributed by atoms with E-state index in [9.17, 15) is 14.4 Å². The van der Waals surface area contributed by atoms with Gasteiger partial charge in [-0.3, -0.25) is 14.4 Å². The van der Waals surface area contributed by atoms with Gasteiger partial charge < -0.3 is 15.1 Å². The summed E-state index contributed by atoms with van der Waals surface area (Å²) in [4.78, 5) is 40.9. The van der Waals surface area contributed by atoms with Gasteiger partial charge in [-0.25, -0.2) is 0 Å². The molecule has 1 aliphatic heterocycles. The van der Waals surface area contributed by atoms with Crippen LogP contribution in [0.4, 0.5) is 0 Å². The van der Waals surface area contributed by atoms with Crippen molar-refractivity contribution in [2.45, 2.75) is 51.5 Å². The fourth-order valence-corrected chi connectivity index (χ4v) is 4.17. The van der Waals surface area contributed by atoms with E-state index in [-0.39, 0.29) is 17.7 Å². The van der Waals surface area contributed by atoms with Crippen LogP contribution in [0, 0.1) is 5.92 Å². The zero-order valence-corrected chi connectivity index (χ0v) is 16.7. The Labute approximate surface area is 167 Å². The first-order valence-electron chi connectivity index (χ1n) is 10.5. The lowest BCUT2D eigenvalue weighted by atomic mass is 10.0. The van der Waals surface area contributed by atoms with Gasteiger partial charge in [0.2, 0.25) is 11.8 Å². The molecule has 3 rings (SSSR count). The van der Waals surface area contributed by atoms with Crippen LogP contribution < -0.4 is 5.32 Å². The Hall–Kier alpha value is -2.37. The highest BCUT2D eigenvalue weighted by atomic mass is 16.2. The van der Waals surface area contributed by atoms with E-state index in [0.29, 0.717) is 38.2 Å². The van der Waals surface area contributed by atoms with E-state index in [1.165, 1.54) is 25.7 Å². The Morgan fingerprint density at radius 3 is 2.25 bits per heavy atom. The number of benzene rings is 1. The van der Waals surface area contributed by atoms with Crippen LogP contribution in [0.2, 0.25) is 0 Å². The van der Waals surface area contributed by atoms with Crippen LogP contribution in [0.1, 0.15) is 55.8 Å². The molecule has 1 saturated heterocycles. The van der Waals surface area contributed by atoms with Gasteiger partial charge >= 0.3 is 0 Å². The Morgan fingerprint density at radius 1 is 1.00 bits per heavy atom. The van der Waals surface area contributed by atoms with Gasteiger partial charge in [0.05, 0.1) is 0 Å². The van der Waals surface area contributed by atoms with Crippen LogP contribution in [0.3, 0.4) is 0 Å². The molecule has 0 radical (unpaired) electrons. The maximum atomic E-state index is 12.6. The van der Waals surface area contributed by atoms with Crippen molar-refractivity contribution in [1.82, 2.24) is 15.1 Å². The number of hydrogen-bond acceptors (Lipinski definition) is 3. The molecule has 1 unspecified atom stereocenters. The third-order valence-electron chi connectivity index (χ3n) is 5.94. The van der Waals surface area contributed by atoms with Crippen molar-refractivity contribution in [3.05, 3.63) is 35.9 Å². The fourth-order valence-electron chi connectivity index (χ4n) is 4.17. The van der Waals surface area contributed by atoms with Crippen LogP contribution in [-0.4, -0.2) is 59.7 Å². The van der Waals surface area contributed by atoms with Crippen LogP contribution in [0.5, 0.6) is 0 Å². The second-order valence-corrected chi connectivity index (χ2v) is 7.96. The van der Waals surface area contributed by atoms with Gasteiger partial charge in [0.25, 0.3) is 5.91 Å². The monoisotopic (exact) mass is 385 g/mol. The van der Waals surface area contributed by atoms with Crippen molar-refractivity contribution in [1.29, 1.82) is 0 Å². The molecule has 1 heterocycles. The minimum atomic E-state index is -0.586. The van der Waals surface area contributed by atoms with E-state index >= 15 is 0 Å². The van der Waals surface area contributed by atoms with Gasteiger partial charge in [0, 0.05) is 38.2 Å². The van der Waals surface area contributed by atoms with Crippen molar-refractivity contribution in [2.24, 2.45) is 5.92 Å². The lowest BCUT2D eigenvalue weighted by Crippen LogP contribution is -2.55. The van der Waals surface area contributed by atoms with E-state index in [2.05, 4.69) is 5.32 Å². The SMILES string of the molecule is CC(NC(=O)c1ccccc1)C(=O)N1CCN(C(=O)CCC2CCCC2)CC1. The Kier molecular flexibility index (Phi) is 7.06. The summed E-state index contributed by atoms with van der Waals surface area (Å²) < 4.78 is 0. The van der Waals surface area contributed by atoms with Gasteiger partial charge in [-0.2, -0.15) is 0 Å². The molecule has 1 aromatic carbocycles. The van der Waals surface area contributed by atoms with E-state index in [1.807, 2.05) is 11.0 Å². The number of amides is 3. The molecule has 0 bridgehead atoms. The number of rotatable bonds is 6. The van der Waals surface area contributed by atoms with Gasteiger partial charge in [-0.15, -0.1) is 0 Å². The van der Waals surface area contributed by atoms with Gasteiger partial charge in [-0.05, 0) is 31.4 Å². The molecule has 6 nitrogen and oxygen atoms in total. The molecular weight excluding hydrogens is 354 g/mol. The molecule has 3 amide bonds. The van der Waals surface area contributed by atoms with Crippen molar-refractivity contribution in [2.75, 3.05) is 26.2 Å². The third-order valence-corrected chi connectivity index (χ3v) is 5.94. The maximum absolute atomic E-state index is 12.6. The molecule has 28 heavy (non-hydrogen) atoms. The van der Waals surface area contributed by atoms with Crippen LogP contribution >= 0.6 is 0 Å². The standard InChI is InChI=1S/C22H31N3O3/c1-17(23-21(27)19-9-3-2-4-10-19)22(28)25-15-13-24(14-16-25)20(26)12-11-18-7-5-6-8-18/h2-4,9-10,17-18H,5-8,11-16H2,1H3,(H,23,27). The molecule has 1 atom stereocenters. The van der Waals surface area contributed by atoms with E-state index in [4.69, 9.17) is 0 Å². The summed E-state index contributed by atoms with van der Waals surface area (Å²) in [6.45, 7) is 3.92. The minimum Gasteiger partial charge on any atom is -0.341 e. The van der Waals surface area contributed by atoms with Crippen LogP contribution in [0.15, 0.2) is 30.3 Å². The van der Waals surface area contributed by atoms with Crippen molar-refractivity contribution >= 4 is 17.7 Å². The average molecular weight is 386 g/mol. The Bertz CT molecular complexity index is 678. The summed E-state index contributed by atoms with van der Waals surface area (Å²) in [6.07, 6.45) is 6.77. The Morgan fingerprint density at radius 2 is 1.61 bits per heavy atom. The predicted molar refractivity (Wildman–Crippen MR) is 108 cm³/mol. The number of carbonyl (C=O) groups excluding carboxylic acids is 3. The molecule has 0 aromatic heterocycles. The van der Waals surface area contributed by atoms with E-state index in [0.717, 1.165) is 12.3 Å². The highest BCUT2D eigenvalue weighted by molar-refractivity contribution is 5.97. The van der Waals surface area contributed by atoms with Crippen molar-refractivity contribution in [3.8, 4) is 0 Å². The average Bonchev–Trinajstić information content (AvgIpc) is 3.26. The number of piperazine rings is 1. The number of nitrogens with zero attached hydrogens (tertiary/aromatic N) is 2. The second-order valence-electron chi connectivity index (χ2n) is 7.96. The third kappa shape index (κ3) is 5.33. The van der Waals surface area contributed by atoms with Crippen molar-refractivity contribution < 1.29 is 14.4 Å². The predicted octanol–water partition coefficient (Wildman–Crippen LogP) is 2.45. The summed E-state index contributed by atoms with van der Waals surface area (Å²) in [5, 5.41) is 2.77. The summed E-state index contributed by atoms with van der Waals surface area (Å²) in [6, 6.07) is 8.30. The molecule has 2 fully saturated rings. The molecule has 152 valence electrons. The molecule has 1 N–H and O–H groups in total. The zero-order valence-electron chi connectivity index (χ0n) is 16.7. The normalized spacial score (nSPS) is 18.8. The minimum absolute atomic E-state index is 0.0951. The lowest BCUT2D eigenvalue weighted by Gasteiger charge is -2.36. The lowest BCUT2D eigenvalue weighted by molar-refractivity contribution is -0.140. The fraction of sp³-hybridized carbons (Fsp3) is 0.591. The molecule has 1 aromatic rings. The summed E-state index contributed by atoms with van der Waals surface area (Å²) in [5.41, 5.74) is 0.542. The first-order valence-corrected chi connectivity index (χ1v) is 10.5. The smallest absolute Gasteiger partial charge is 0.251 e. The number of hydrogen-bond donors (Lipinski definition) is 1. The van der Waals surface area contributed by atoms with Crippen molar-refractivity contribution in [3.63, 3.8) is 0 Å². The molecular formula is C22H31N3O3. The highest BCUT2D eigenvalue weighted by Crippen LogP contribution is 2.28. The Balaban J connectivity index is 1.41. The van der Waals surface area contributed by atoms with Gasteiger partial charge in [-0.1, -0.05) is 43.9 Å². The number of carbonyl (C=O) groups is 3. The van der Waals surface area contributed by atoms with Gasteiger partial charge in [0.1, 0.15) is 6.04 Å². The molecule has 1 saturated carbocycles. The molecule has 1 aliphatic carbocycles. The first-order chi connectivity index (χ1) is 13.5. The van der Waals surface area contributed by atoms with Gasteiger partial charge in [0.15, 0.2) is 0 Å². The second kappa shape index (κ2) is 9.71. The van der Waals surface area contributed by atoms with E-state index in [1.54, 1.807) is 36.1 Å². The topological polar surface area (TPSA) is 69.7 Å². The largest absolute Gasteiger partial charge is 0.341 e. The maximum Gasteiger partial charge on any atom is 0.251 e. The molecule has 6 heteroatoms. The quantitative estimate of drug-likeness (QED) is 0.818. The summed E-state index contributed by atoms with van der Waals surface area (Å²) in [5.74, 6) is 0.592. The number of nitrogens with one attached hydrogen (secondary N) is 1. The summed E-state index contributed by atoms with van der Waals surface area (Å²) in [7, 11) is 0. The highest BCUT2D eigenvalue weighted by Gasteiger charge is 2.28. The first kappa shape index (κ1) is 20.4. The molecule has 0 spiro atoms. The summed E-state index contributed by atoms with van der Waals surface area (Å²) >= 11 is 0. The van der Waals surface area contributed by atoms with Crippen LogP contribution in [-0.2, 0) is 9.59 Å².